The molecule has 320 valence electrons. The molecule has 0 saturated heterocycles. The maximum Gasteiger partial charge on any atom is 0.193 e. The first-order valence-electron chi connectivity index (χ1n) is 23.2. The third-order valence-electron chi connectivity index (χ3n) is 14.5. The molecule has 0 radical (unpaired) electrons. The summed E-state index contributed by atoms with van der Waals surface area (Å²) in [5, 5.41) is 0. The quantitative estimate of drug-likeness (QED) is 0.174. The van der Waals surface area contributed by atoms with Gasteiger partial charge in [0, 0.05) is 33.6 Å². The maximum absolute atomic E-state index is 13.6. The highest BCUT2D eigenvalue weighted by Crippen LogP contribution is 2.62. The fourth-order valence-electron chi connectivity index (χ4n) is 12.0. The molecule has 0 atom stereocenters. The number of anilines is 6. The van der Waals surface area contributed by atoms with Crippen molar-refractivity contribution in [2.75, 3.05) is 9.80 Å². The molecular formula is C64H42N2O2. The lowest BCUT2D eigenvalue weighted by Crippen LogP contribution is -2.42. The molecule has 4 heteroatoms. The number of ketones is 2. The zero-order chi connectivity index (χ0) is 45.4. The molecule has 4 aliphatic rings. The van der Waals surface area contributed by atoms with Gasteiger partial charge in [0.2, 0.25) is 0 Å². The molecule has 68 heavy (non-hydrogen) atoms. The molecule has 14 rings (SSSR count). The molecule has 10 aromatic rings. The topological polar surface area (TPSA) is 40.6 Å². The number of carbonyl (C=O) groups excluding carboxylic acids is 2. The number of rotatable bonds is 2. The summed E-state index contributed by atoms with van der Waals surface area (Å²) < 4.78 is 0. The highest BCUT2D eigenvalue weighted by molar-refractivity contribution is 6.16. The fraction of sp³-hybridized carbons (Fsp3) is 0.0312. The Kier molecular flexibility index (Phi) is 8.93. The van der Waals surface area contributed by atoms with E-state index in [1.165, 1.54) is 22.3 Å². The van der Waals surface area contributed by atoms with Crippen molar-refractivity contribution in [1.82, 2.24) is 0 Å². The van der Waals surface area contributed by atoms with Crippen LogP contribution in [-0.4, -0.2) is 11.6 Å². The maximum atomic E-state index is 13.6. The van der Waals surface area contributed by atoms with Crippen molar-refractivity contribution >= 4 is 45.7 Å². The predicted octanol–water partition coefficient (Wildman–Crippen LogP) is 14.8. The number of para-hydroxylation sites is 6. The van der Waals surface area contributed by atoms with Crippen molar-refractivity contribution in [3.05, 3.63) is 322 Å². The van der Waals surface area contributed by atoms with Gasteiger partial charge in [-0.1, -0.05) is 206 Å². The van der Waals surface area contributed by atoms with Gasteiger partial charge in [0.1, 0.15) is 0 Å². The van der Waals surface area contributed by atoms with Crippen molar-refractivity contribution < 1.29 is 9.59 Å². The smallest absolute Gasteiger partial charge is 0.193 e. The van der Waals surface area contributed by atoms with Gasteiger partial charge in [-0.2, -0.15) is 0 Å². The zero-order valence-corrected chi connectivity index (χ0v) is 37.0. The summed E-state index contributed by atoms with van der Waals surface area (Å²) in [7, 11) is 0. The average Bonchev–Trinajstić information content (AvgIpc) is 3.42. The minimum absolute atomic E-state index is 0.0947. The molecule has 0 amide bonds. The molecule has 10 aromatic carbocycles. The predicted molar refractivity (Wildman–Crippen MR) is 273 cm³/mol. The first-order valence-corrected chi connectivity index (χ1v) is 23.2. The van der Waals surface area contributed by atoms with Crippen LogP contribution in [0.2, 0.25) is 0 Å². The standard InChI is InChI=1S/2C32H21NO/c2*34-31-23-14-4-6-16-25(23)32(26-17-7-5-15-24(26)31)27-18-8-10-20-29(27)33(22-12-2-1-3-13-22)30-21-11-9-19-28(30)32/h2*1-21H. The molecule has 0 unspecified atom stereocenters. The van der Waals surface area contributed by atoms with E-state index in [1.54, 1.807) is 0 Å². The number of hydrogen-bond acceptors (Lipinski definition) is 4. The Morgan fingerprint density at radius 2 is 0.426 bits per heavy atom. The second-order valence-electron chi connectivity index (χ2n) is 17.8. The van der Waals surface area contributed by atoms with Crippen molar-refractivity contribution in [3.63, 3.8) is 0 Å². The van der Waals surface area contributed by atoms with Crippen LogP contribution in [0.25, 0.3) is 0 Å². The van der Waals surface area contributed by atoms with E-state index < -0.39 is 10.8 Å². The minimum Gasteiger partial charge on any atom is -0.310 e. The van der Waals surface area contributed by atoms with Crippen molar-refractivity contribution in [2.45, 2.75) is 10.8 Å². The number of nitrogens with zero attached hydrogens (tertiary/aromatic N) is 2. The van der Waals surface area contributed by atoms with Crippen LogP contribution >= 0.6 is 0 Å². The van der Waals surface area contributed by atoms with Gasteiger partial charge >= 0.3 is 0 Å². The molecular weight excluding hydrogens is 829 g/mol. The van der Waals surface area contributed by atoms with E-state index in [0.717, 1.165) is 78.6 Å². The molecule has 2 heterocycles. The Labute approximate surface area is 395 Å². The lowest BCUT2D eigenvalue weighted by molar-refractivity contribution is 0.102. The van der Waals surface area contributed by atoms with Crippen LogP contribution in [0.1, 0.15) is 76.4 Å². The SMILES string of the molecule is O=C1c2ccccc2C2(c3ccccc31)c1ccccc1N(c1ccccc1)c1ccccc12.O=C1c2ccccc2C2(c3ccccc31)c1ccccc1N(c1ccccc1)c1ccccc12. The molecule has 0 aromatic heterocycles. The number of benzene rings is 10. The van der Waals surface area contributed by atoms with E-state index in [2.05, 4.69) is 204 Å². The van der Waals surface area contributed by atoms with Crippen LogP contribution in [0, 0.1) is 0 Å². The molecule has 2 aliphatic heterocycles. The van der Waals surface area contributed by atoms with Crippen LogP contribution in [0.15, 0.2) is 255 Å². The van der Waals surface area contributed by atoms with Gasteiger partial charge in [0.05, 0.1) is 33.6 Å². The minimum atomic E-state index is -0.584. The first-order chi connectivity index (χ1) is 33.6. The fourth-order valence-corrected chi connectivity index (χ4v) is 12.0. The number of hydrogen-bond donors (Lipinski definition) is 0. The Morgan fingerprint density at radius 1 is 0.221 bits per heavy atom. The number of carbonyl (C=O) groups is 2. The summed E-state index contributed by atoms with van der Waals surface area (Å²) in [5.74, 6) is 0.189. The van der Waals surface area contributed by atoms with E-state index in [-0.39, 0.29) is 11.6 Å². The second kappa shape index (κ2) is 15.4. The average molecular weight is 871 g/mol. The van der Waals surface area contributed by atoms with Gasteiger partial charge in [0.25, 0.3) is 0 Å². The van der Waals surface area contributed by atoms with Crippen molar-refractivity contribution in [3.8, 4) is 0 Å². The normalized spacial score (nSPS) is 14.7. The van der Waals surface area contributed by atoms with Gasteiger partial charge in [-0.3, -0.25) is 9.59 Å². The van der Waals surface area contributed by atoms with Gasteiger partial charge < -0.3 is 9.80 Å². The Hall–Kier alpha value is -8.86. The molecule has 0 N–H and O–H groups in total. The number of fused-ring (bicyclic) bond motifs is 16. The van der Waals surface area contributed by atoms with Crippen LogP contribution in [-0.2, 0) is 10.8 Å². The summed E-state index contributed by atoms with van der Waals surface area (Å²) >= 11 is 0. The van der Waals surface area contributed by atoms with Crippen LogP contribution < -0.4 is 9.80 Å². The second-order valence-corrected chi connectivity index (χ2v) is 17.8. The van der Waals surface area contributed by atoms with Crippen LogP contribution in [0.3, 0.4) is 0 Å². The lowest BCUT2D eigenvalue weighted by Gasteiger charge is -2.48. The first kappa shape index (κ1) is 39.5. The van der Waals surface area contributed by atoms with Gasteiger partial charge in [-0.15, -0.1) is 0 Å². The Morgan fingerprint density at radius 3 is 0.691 bits per heavy atom. The van der Waals surface area contributed by atoms with E-state index in [9.17, 15) is 9.59 Å². The van der Waals surface area contributed by atoms with Gasteiger partial charge in [-0.25, -0.2) is 0 Å². The summed E-state index contributed by atoms with van der Waals surface area (Å²) in [6.45, 7) is 0. The summed E-state index contributed by atoms with van der Waals surface area (Å²) in [6.07, 6.45) is 0. The lowest BCUT2D eigenvalue weighted by atomic mass is 9.57. The zero-order valence-electron chi connectivity index (χ0n) is 37.0. The highest BCUT2D eigenvalue weighted by Gasteiger charge is 2.53. The highest BCUT2D eigenvalue weighted by atomic mass is 16.1. The Bertz CT molecular complexity index is 3210. The van der Waals surface area contributed by atoms with Crippen molar-refractivity contribution in [2.24, 2.45) is 0 Å². The van der Waals surface area contributed by atoms with Crippen LogP contribution in [0.4, 0.5) is 34.1 Å². The molecule has 0 fully saturated rings. The van der Waals surface area contributed by atoms with Gasteiger partial charge in [-0.05, 0) is 93.0 Å². The molecule has 2 aliphatic carbocycles. The summed E-state index contributed by atoms with van der Waals surface area (Å²) in [4.78, 5) is 32.0. The van der Waals surface area contributed by atoms with Crippen LogP contribution in [0.5, 0.6) is 0 Å². The van der Waals surface area contributed by atoms with Crippen molar-refractivity contribution in [1.29, 1.82) is 0 Å². The largest absolute Gasteiger partial charge is 0.310 e. The summed E-state index contributed by atoms with van der Waals surface area (Å²) in [6, 6.07) is 88.1. The Balaban J connectivity index is 0.000000134. The molecule has 0 bridgehead atoms. The van der Waals surface area contributed by atoms with E-state index in [0.29, 0.717) is 0 Å². The third kappa shape index (κ3) is 5.37. The molecule has 2 spiro atoms. The third-order valence-corrected chi connectivity index (χ3v) is 14.5. The molecule has 4 nitrogen and oxygen atoms in total. The van der Waals surface area contributed by atoms with E-state index in [1.807, 2.05) is 60.7 Å². The summed E-state index contributed by atoms with van der Waals surface area (Å²) in [5.41, 5.74) is 17.6. The molecule has 0 saturated carbocycles. The van der Waals surface area contributed by atoms with Gasteiger partial charge in [0.15, 0.2) is 11.6 Å². The van der Waals surface area contributed by atoms with E-state index >= 15 is 0 Å². The van der Waals surface area contributed by atoms with E-state index in [4.69, 9.17) is 0 Å². The monoisotopic (exact) mass is 870 g/mol.